The van der Waals surface area contributed by atoms with Gasteiger partial charge in [0.1, 0.15) is 0 Å². The molecule has 1 aliphatic heterocycles. The lowest BCUT2D eigenvalue weighted by molar-refractivity contribution is -0.137. The quantitative estimate of drug-likeness (QED) is 0.344. The van der Waals surface area contributed by atoms with Crippen molar-refractivity contribution in [1.29, 1.82) is 0 Å². The number of nitrogens with zero attached hydrogens (tertiary/aromatic N) is 2. The van der Waals surface area contributed by atoms with Gasteiger partial charge in [0, 0.05) is 36.8 Å². The lowest BCUT2D eigenvalue weighted by atomic mass is 9.89. The Balaban J connectivity index is 1.62. The van der Waals surface area contributed by atoms with Gasteiger partial charge in [0.25, 0.3) is 0 Å². The zero-order chi connectivity index (χ0) is 23.9. The molecule has 0 saturated carbocycles. The second kappa shape index (κ2) is 10.9. The van der Waals surface area contributed by atoms with Crippen molar-refractivity contribution in [2.24, 2.45) is 5.92 Å². The van der Waals surface area contributed by atoms with Gasteiger partial charge in [0.15, 0.2) is 17.3 Å². The molecule has 174 valence electrons. The molecular formula is C28H27FN2O3. The van der Waals surface area contributed by atoms with E-state index in [4.69, 9.17) is 4.74 Å². The van der Waals surface area contributed by atoms with Gasteiger partial charge in [-0.15, -0.1) is 0 Å². The highest BCUT2D eigenvalue weighted by Crippen LogP contribution is 2.31. The van der Waals surface area contributed by atoms with E-state index >= 15 is 0 Å². The molecule has 0 aliphatic carbocycles. The van der Waals surface area contributed by atoms with Gasteiger partial charge in [0.05, 0.1) is 13.2 Å². The van der Waals surface area contributed by atoms with Gasteiger partial charge >= 0.3 is 0 Å². The number of halogens is 1. The highest BCUT2D eigenvalue weighted by atomic mass is 19.1. The van der Waals surface area contributed by atoms with E-state index in [-0.39, 0.29) is 29.9 Å². The molecule has 1 aliphatic rings. The van der Waals surface area contributed by atoms with E-state index in [2.05, 4.69) is 11.1 Å². The van der Waals surface area contributed by atoms with Crippen LogP contribution in [0.2, 0.25) is 0 Å². The number of carbonyl (C=O) groups excluding carboxylic acids is 2. The molecule has 2 atom stereocenters. The second-order valence-corrected chi connectivity index (χ2v) is 8.36. The van der Waals surface area contributed by atoms with E-state index in [1.807, 2.05) is 53.4 Å². The predicted octanol–water partition coefficient (Wildman–Crippen LogP) is 5.19. The smallest absolute Gasteiger partial charge is 0.227 e. The van der Waals surface area contributed by atoms with Crippen LogP contribution >= 0.6 is 0 Å². The van der Waals surface area contributed by atoms with Gasteiger partial charge in [-0.3, -0.25) is 14.6 Å². The molecule has 0 fully saturated rings. The largest absolute Gasteiger partial charge is 0.494 e. The van der Waals surface area contributed by atoms with E-state index < -0.39 is 11.7 Å². The number of Topliss-reactive ketones (excluding diaryl/α,β-unsaturated/α-hetero) is 1. The van der Waals surface area contributed by atoms with Crippen LogP contribution in [0.25, 0.3) is 0 Å². The molecule has 0 saturated heterocycles. The van der Waals surface area contributed by atoms with Crippen molar-refractivity contribution in [2.75, 3.05) is 13.7 Å². The SMILES string of the molecule is COc1cc(C(=O)C[C@H](Cc2ccccc2)C(=O)N2CC=CCC2c2cccnc2)ccc1F. The van der Waals surface area contributed by atoms with Crippen LogP contribution in [0.4, 0.5) is 4.39 Å². The number of hydrogen-bond acceptors (Lipinski definition) is 4. The summed E-state index contributed by atoms with van der Waals surface area (Å²) in [7, 11) is 1.36. The summed E-state index contributed by atoms with van der Waals surface area (Å²) >= 11 is 0. The van der Waals surface area contributed by atoms with Gasteiger partial charge in [-0.05, 0) is 48.2 Å². The highest BCUT2D eigenvalue weighted by Gasteiger charge is 2.32. The van der Waals surface area contributed by atoms with Crippen molar-refractivity contribution >= 4 is 11.7 Å². The summed E-state index contributed by atoms with van der Waals surface area (Å²) in [6.45, 7) is 0.474. The van der Waals surface area contributed by atoms with Crippen molar-refractivity contribution in [2.45, 2.75) is 25.3 Å². The normalized spacial score (nSPS) is 16.2. The molecule has 6 heteroatoms. The van der Waals surface area contributed by atoms with Crippen molar-refractivity contribution in [1.82, 2.24) is 9.88 Å². The minimum atomic E-state index is -0.559. The number of ether oxygens (including phenoxy) is 1. The maximum absolute atomic E-state index is 13.9. The molecule has 3 aromatic rings. The summed E-state index contributed by atoms with van der Waals surface area (Å²) in [5, 5.41) is 0. The molecule has 1 aromatic heterocycles. The number of pyridine rings is 1. The molecule has 1 amide bonds. The van der Waals surface area contributed by atoms with Crippen molar-refractivity contribution in [3.63, 3.8) is 0 Å². The minimum Gasteiger partial charge on any atom is -0.494 e. The molecule has 2 heterocycles. The summed E-state index contributed by atoms with van der Waals surface area (Å²) in [6, 6.07) is 17.4. The van der Waals surface area contributed by atoms with Gasteiger partial charge in [-0.1, -0.05) is 48.6 Å². The summed E-state index contributed by atoms with van der Waals surface area (Å²) < 4.78 is 18.9. The zero-order valence-electron chi connectivity index (χ0n) is 19.1. The van der Waals surface area contributed by atoms with Crippen molar-refractivity contribution < 1.29 is 18.7 Å². The number of carbonyl (C=O) groups is 2. The van der Waals surface area contributed by atoms with Gasteiger partial charge in [-0.25, -0.2) is 4.39 Å². The highest BCUT2D eigenvalue weighted by molar-refractivity contribution is 5.99. The first kappa shape index (κ1) is 23.4. The first-order chi connectivity index (χ1) is 16.6. The molecule has 1 unspecified atom stereocenters. The van der Waals surface area contributed by atoms with E-state index in [1.165, 1.54) is 25.3 Å². The van der Waals surface area contributed by atoms with Crippen molar-refractivity contribution in [3.8, 4) is 5.75 Å². The first-order valence-corrected chi connectivity index (χ1v) is 11.3. The number of methoxy groups -OCH3 is 1. The fraction of sp³-hybridized carbons (Fsp3) is 0.250. The Kier molecular flexibility index (Phi) is 7.48. The van der Waals surface area contributed by atoms with E-state index in [9.17, 15) is 14.0 Å². The minimum absolute atomic E-state index is 0.00888. The number of rotatable bonds is 8. The predicted molar refractivity (Wildman–Crippen MR) is 128 cm³/mol. The van der Waals surface area contributed by atoms with Crippen LogP contribution in [-0.4, -0.2) is 35.2 Å². The molecular weight excluding hydrogens is 431 g/mol. The van der Waals surface area contributed by atoms with Crippen LogP contribution < -0.4 is 4.74 Å². The fourth-order valence-corrected chi connectivity index (χ4v) is 4.36. The number of amides is 1. The van der Waals surface area contributed by atoms with E-state index in [1.54, 1.807) is 12.4 Å². The van der Waals surface area contributed by atoms with E-state index in [0.717, 1.165) is 11.1 Å². The third-order valence-corrected chi connectivity index (χ3v) is 6.14. The molecule has 0 radical (unpaired) electrons. The van der Waals surface area contributed by atoms with Crippen LogP contribution in [0.5, 0.6) is 5.75 Å². The van der Waals surface area contributed by atoms with Crippen LogP contribution in [0.1, 0.15) is 40.4 Å². The second-order valence-electron chi connectivity index (χ2n) is 8.36. The standard InChI is InChI=1S/C28H27FN2O3/c1-34-27-18-21(12-13-24(27)29)26(32)17-23(16-20-8-3-2-4-9-20)28(33)31-15-6-5-11-25(31)22-10-7-14-30-19-22/h2-10,12-14,18-19,23,25H,11,15-17H2,1H3/t23-,25?/m0/s1. The Labute approximate surface area is 198 Å². The van der Waals surface area contributed by atoms with Crippen LogP contribution in [-0.2, 0) is 11.2 Å². The Morgan fingerprint density at radius 2 is 1.94 bits per heavy atom. The average molecular weight is 459 g/mol. The average Bonchev–Trinajstić information content (AvgIpc) is 2.89. The third kappa shape index (κ3) is 5.39. The summed E-state index contributed by atoms with van der Waals surface area (Å²) in [6.07, 6.45) is 8.69. The molecule has 2 aromatic carbocycles. The zero-order valence-corrected chi connectivity index (χ0v) is 19.1. The molecule has 34 heavy (non-hydrogen) atoms. The molecule has 4 rings (SSSR count). The van der Waals surface area contributed by atoms with E-state index in [0.29, 0.717) is 24.9 Å². The lowest BCUT2D eigenvalue weighted by Gasteiger charge is -2.35. The Bertz CT molecular complexity index is 1160. The Morgan fingerprint density at radius 1 is 1.12 bits per heavy atom. The molecule has 5 nitrogen and oxygen atoms in total. The van der Waals surface area contributed by atoms with Crippen LogP contribution in [0.15, 0.2) is 85.2 Å². The van der Waals surface area contributed by atoms with Crippen LogP contribution in [0.3, 0.4) is 0 Å². The third-order valence-electron chi connectivity index (χ3n) is 6.14. The summed E-state index contributed by atoms with van der Waals surface area (Å²) in [4.78, 5) is 33.1. The molecule has 0 bridgehead atoms. The maximum atomic E-state index is 13.9. The van der Waals surface area contributed by atoms with Gasteiger partial charge < -0.3 is 9.64 Å². The van der Waals surface area contributed by atoms with Crippen LogP contribution in [0, 0.1) is 11.7 Å². The Morgan fingerprint density at radius 3 is 2.68 bits per heavy atom. The number of aromatic nitrogens is 1. The monoisotopic (exact) mass is 458 g/mol. The van der Waals surface area contributed by atoms with Crippen molar-refractivity contribution in [3.05, 3.63) is 108 Å². The lowest BCUT2D eigenvalue weighted by Crippen LogP contribution is -2.42. The molecule has 0 spiro atoms. The summed E-state index contributed by atoms with van der Waals surface area (Å²) in [5.74, 6) is -1.39. The number of ketones is 1. The molecule has 0 N–H and O–H groups in total. The first-order valence-electron chi connectivity index (χ1n) is 11.3. The summed E-state index contributed by atoms with van der Waals surface area (Å²) in [5.41, 5.74) is 2.27. The fourth-order valence-electron chi connectivity index (χ4n) is 4.36. The Hall–Kier alpha value is -3.80. The van der Waals surface area contributed by atoms with Gasteiger partial charge in [-0.2, -0.15) is 0 Å². The number of benzene rings is 2. The van der Waals surface area contributed by atoms with Gasteiger partial charge in [0.2, 0.25) is 5.91 Å². The topological polar surface area (TPSA) is 59.5 Å². The number of hydrogen-bond donors (Lipinski definition) is 0. The maximum Gasteiger partial charge on any atom is 0.227 e.